The molecule has 232 valence electrons. The first-order valence-corrected chi connectivity index (χ1v) is 15.7. The van der Waals surface area contributed by atoms with Gasteiger partial charge in [-0.2, -0.15) is 5.10 Å². The molecule has 1 aromatic heterocycles. The quantitative estimate of drug-likeness (QED) is 0.107. The first-order valence-electron chi connectivity index (χ1n) is 14.5. The van der Waals surface area contributed by atoms with Crippen LogP contribution in [0.4, 0.5) is 4.39 Å². The van der Waals surface area contributed by atoms with Gasteiger partial charge in [-0.15, -0.1) is 0 Å². The average Bonchev–Trinajstić information content (AvgIpc) is 3.63. The molecule has 1 aliphatic rings. The lowest BCUT2D eigenvalue weighted by molar-refractivity contribution is -0.122. The molecule has 4 aromatic carbocycles. The summed E-state index contributed by atoms with van der Waals surface area (Å²) < 4.78 is 32.2. The Bertz CT molecular complexity index is 1890. The van der Waals surface area contributed by atoms with Crippen LogP contribution in [0.25, 0.3) is 23.0 Å². The highest BCUT2D eigenvalue weighted by atomic mass is 32.2. The van der Waals surface area contributed by atoms with Crippen LogP contribution in [0, 0.1) is 5.82 Å². The van der Waals surface area contributed by atoms with E-state index in [-0.39, 0.29) is 11.7 Å². The maximum atomic E-state index is 13.6. The fourth-order valence-corrected chi connectivity index (χ4v) is 6.30. The molecular formula is C36H30FN3O4S2. The smallest absolute Gasteiger partial charge is 0.266 e. The van der Waals surface area contributed by atoms with Crippen LogP contribution in [0.2, 0.25) is 0 Å². The Kier molecular flexibility index (Phi) is 9.46. The molecule has 0 unspecified atom stereocenters. The van der Waals surface area contributed by atoms with Gasteiger partial charge in [0, 0.05) is 23.9 Å². The zero-order valence-electron chi connectivity index (χ0n) is 25.2. The minimum atomic E-state index is -0.282. The molecule has 2 heterocycles. The van der Waals surface area contributed by atoms with Gasteiger partial charge in [0.15, 0.2) is 11.5 Å². The third-order valence-electron chi connectivity index (χ3n) is 7.44. The first kappa shape index (κ1) is 31.1. The maximum Gasteiger partial charge on any atom is 0.266 e. The number of para-hydroxylation sites is 1. The van der Waals surface area contributed by atoms with Gasteiger partial charge >= 0.3 is 0 Å². The number of carbonyl (C=O) groups excluding carboxylic acids is 1. The Labute approximate surface area is 276 Å². The van der Waals surface area contributed by atoms with E-state index >= 15 is 0 Å². The number of thiocarbonyl (C=S) groups is 1. The number of nitrogens with zero attached hydrogens (tertiary/aromatic N) is 3. The number of aromatic nitrogens is 2. The lowest BCUT2D eigenvalue weighted by Crippen LogP contribution is -2.30. The number of methoxy groups -OCH3 is 2. The fourth-order valence-electron chi connectivity index (χ4n) is 5.00. The zero-order valence-corrected chi connectivity index (χ0v) is 26.8. The molecular weight excluding hydrogens is 622 g/mol. The summed E-state index contributed by atoms with van der Waals surface area (Å²) in [4.78, 5) is 15.8. The second-order valence-corrected chi connectivity index (χ2v) is 12.1. The van der Waals surface area contributed by atoms with Gasteiger partial charge in [-0.05, 0) is 84.3 Å². The van der Waals surface area contributed by atoms with Crippen molar-refractivity contribution < 1.29 is 23.4 Å². The van der Waals surface area contributed by atoms with Crippen LogP contribution >= 0.6 is 24.0 Å². The number of rotatable bonds is 11. The molecule has 46 heavy (non-hydrogen) atoms. The van der Waals surface area contributed by atoms with Gasteiger partial charge in [-0.1, -0.05) is 60.4 Å². The van der Waals surface area contributed by atoms with E-state index in [1.807, 2.05) is 85.1 Å². The minimum absolute atomic E-state index is 0.140. The largest absolute Gasteiger partial charge is 0.493 e. The van der Waals surface area contributed by atoms with Crippen molar-refractivity contribution in [1.82, 2.24) is 14.7 Å². The highest BCUT2D eigenvalue weighted by Crippen LogP contribution is 2.36. The van der Waals surface area contributed by atoms with Crippen molar-refractivity contribution in [3.8, 4) is 34.2 Å². The van der Waals surface area contributed by atoms with E-state index in [2.05, 4.69) is 0 Å². The lowest BCUT2D eigenvalue weighted by atomic mass is 10.1. The molecule has 0 aliphatic carbocycles. The molecule has 0 atom stereocenters. The summed E-state index contributed by atoms with van der Waals surface area (Å²) in [6, 6.07) is 29.4. The van der Waals surface area contributed by atoms with Crippen molar-refractivity contribution in [2.24, 2.45) is 0 Å². The summed E-state index contributed by atoms with van der Waals surface area (Å²) in [6.07, 6.45) is 4.38. The predicted molar refractivity (Wildman–Crippen MR) is 183 cm³/mol. The van der Waals surface area contributed by atoms with Crippen molar-refractivity contribution in [2.45, 2.75) is 13.0 Å². The van der Waals surface area contributed by atoms with Crippen LogP contribution in [0.1, 0.15) is 16.7 Å². The van der Waals surface area contributed by atoms with E-state index in [1.165, 1.54) is 23.9 Å². The normalized spacial score (nSPS) is 13.8. The van der Waals surface area contributed by atoms with Crippen molar-refractivity contribution in [3.63, 3.8) is 0 Å². The standard InChI is InChI=1S/C36H30FN3O4S2/c1-42-31-17-10-24(20-32(31)43-2)18-19-39-35(41)33(46-36(39)45)21-27-22-40(29-6-4-3-5-7-29)38-34(27)26-11-15-30(16-12-26)44-23-25-8-13-28(37)14-9-25/h3-17,20-22H,18-19,23H2,1-2H3. The van der Waals surface area contributed by atoms with E-state index < -0.39 is 0 Å². The van der Waals surface area contributed by atoms with Crippen LogP contribution in [0.15, 0.2) is 108 Å². The summed E-state index contributed by atoms with van der Waals surface area (Å²) in [5.74, 6) is 1.54. The van der Waals surface area contributed by atoms with Crippen LogP contribution in [-0.4, -0.2) is 45.7 Å². The van der Waals surface area contributed by atoms with Gasteiger partial charge in [0.25, 0.3) is 5.91 Å². The van der Waals surface area contributed by atoms with Gasteiger partial charge in [-0.3, -0.25) is 9.69 Å². The van der Waals surface area contributed by atoms with Crippen molar-refractivity contribution in [2.75, 3.05) is 20.8 Å². The lowest BCUT2D eigenvalue weighted by Gasteiger charge is -2.15. The molecule has 0 N–H and O–H groups in total. The van der Waals surface area contributed by atoms with Crippen LogP contribution in [0.5, 0.6) is 17.2 Å². The van der Waals surface area contributed by atoms with E-state index in [1.54, 1.807) is 35.9 Å². The molecule has 5 aromatic rings. The van der Waals surface area contributed by atoms with E-state index in [0.29, 0.717) is 51.7 Å². The SMILES string of the molecule is COc1ccc(CCN2C(=O)C(=Cc3cn(-c4ccccc4)nc3-c3ccc(OCc4ccc(F)cc4)cc3)SC2=S)cc1OC. The van der Waals surface area contributed by atoms with Crippen LogP contribution in [-0.2, 0) is 17.8 Å². The van der Waals surface area contributed by atoms with Gasteiger partial charge in [-0.25, -0.2) is 9.07 Å². The van der Waals surface area contributed by atoms with E-state index in [0.717, 1.165) is 27.9 Å². The summed E-state index contributed by atoms with van der Waals surface area (Å²) in [7, 11) is 3.20. The van der Waals surface area contributed by atoms with E-state index in [9.17, 15) is 9.18 Å². The summed E-state index contributed by atoms with van der Waals surface area (Å²) in [6.45, 7) is 0.758. The van der Waals surface area contributed by atoms with Crippen molar-refractivity contribution >= 4 is 40.3 Å². The van der Waals surface area contributed by atoms with Crippen LogP contribution < -0.4 is 14.2 Å². The van der Waals surface area contributed by atoms with Crippen LogP contribution in [0.3, 0.4) is 0 Å². The first-order chi connectivity index (χ1) is 22.4. The molecule has 7 nitrogen and oxygen atoms in total. The Balaban J connectivity index is 1.23. The van der Waals surface area contributed by atoms with Crippen molar-refractivity contribution in [3.05, 3.63) is 131 Å². The summed E-state index contributed by atoms with van der Waals surface area (Å²) >= 11 is 6.92. The number of hydrogen-bond acceptors (Lipinski definition) is 7. The molecule has 0 bridgehead atoms. The Morgan fingerprint density at radius 1 is 0.891 bits per heavy atom. The zero-order chi connectivity index (χ0) is 32.0. The molecule has 6 rings (SSSR count). The van der Waals surface area contributed by atoms with Gasteiger partial charge in [0.1, 0.15) is 22.5 Å². The third-order valence-corrected chi connectivity index (χ3v) is 8.82. The number of thioether (sulfide) groups is 1. The number of carbonyl (C=O) groups is 1. The topological polar surface area (TPSA) is 65.8 Å². The van der Waals surface area contributed by atoms with E-state index in [4.69, 9.17) is 31.5 Å². The Morgan fingerprint density at radius 2 is 1.61 bits per heavy atom. The molecule has 0 saturated carbocycles. The van der Waals surface area contributed by atoms with Gasteiger partial charge in [0.05, 0.1) is 30.5 Å². The number of halogens is 1. The monoisotopic (exact) mass is 651 g/mol. The summed E-state index contributed by atoms with van der Waals surface area (Å²) in [5, 5.41) is 4.90. The number of ether oxygens (including phenoxy) is 3. The average molecular weight is 652 g/mol. The van der Waals surface area contributed by atoms with Crippen molar-refractivity contribution in [1.29, 1.82) is 0 Å². The molecule has 1 aliphatic heterocycles. The van der Waals surface area contributed by atoms with Gasteiger partial charge < -0.3 is 14.2 Å². The molecule has 1 fully saturated rings. The third kappa shape index (κ3) is 6.98. The highest BCUT2D eigenvalue weighted by Gasteiger charge is 2.32. The number of hydrogen-bond donors (Lipinski definition) is 0. The molecule has 10 heteroatoms. The maximum absolute atomic E-state index is 13.6. The molecule has 1 amide bonds. The Morgan fingerprint density at radius 3 is 2.33 bits per heavy atom. The molecule has 1 saturated heterocycles. The highest BCUT2D eigenvalue weighted by molar-refractivity contribution is 8.26. The second-order valence-electron chi connectivity index (χ2n) is 10.4. The fraction of sp³-hybridized carbons (Fsp3) is 0.139. The predicted octanol–water partition coefficient (Wildman–Crippen LogP) is 7.72. The molecule has 0 radical (unpaired) electrons. The summed E-state index contributed by atoms with van der Waals surface area (Å²) in [5.41, 5.74) is 5.13. The Hall–Kier alpha value is -4.93. The number of benzene rings is 4. The van der Waals surface area contributed by atoms with Gasteiger partial charge in [0.2, 0.25) is 0 Å². The second kappa shape index (κ2) is 14.0. The number of amides is 1. The molecule has 0 spiro atoms. The minimum Gasteiger partial charge on any atom is -0.493 e.